The molecule has 0 aliphatic carbocycles. The first-order valence-electron chi connectivity index (χ1n) is 8.78. The van der Waals surface area contributed by atoms with Gasteiger partial charge in [-0.2, -0.15) is 4.68 Å². The molecule has 0 saturated carbocycles. The lowest BCUT2D eigenvalue weighted by molar-refractivity contribution is -0.385. The lowest BCUT2D eigenvalue weighted by Crippen LogP contribution is -2.35. The second-order valence-corrected chi connectivity index (χ2v) is 7.23. The van der Waals surface area contributed by atoms with Crippen molar-refractivity contribution in [3.8, 4) is 11.4 Å². The fourth-order valence-electron chi connectivity index (χ4n) is 3.02. The molecular weight excluding hydrogens is 452 g/mol. The second-order valence-electron chi connectivity index (χ2n) is 6.32. The summed E-state index contributed by atoms with van der Waals surface area (Å²) in [5, 5.41) is 11.6. The van der Waals surface area contributed by atoms with Gasteiger partial charge in [-0.15, -0.1) is 0 Å². The van der Waals surface area contributed by atoms with Gasteiger partial charge in [-0.1, -0.05) is 52.3 Å². The summed E-state index contributed by atoms with van der Waals surface area (Å²) in [4.78, 5) is 41.2. The Kier molecular flexibility index (Phi) is 5.11. The van der Waals surface area contributed by atoms with Gasteiger partial charge in [0, 0.05) is 16.1 Å². The third kappa shape index (κ3) is 3.58. The van der Waals surface area contributed by atoms with Crippen LogP contribution in [-0.2, 0) is 0 Å². The normalized spacial score (nSPS) is 10.7. The molecule has 0 spiro atoms. The molecule has 3 aromatic carbocycles. The number of aromatic nitrogens is 2. The van der Waals surface area contributed by atoms with Gasteiger partial charge in [-0.05, 0) is 30.3 Å². The largest absolute Gasteiger partial charge is 0.282 e. The Labute approximate surface area is 178 Å². The smallest absolute Gasteiger partial charge is 0.267 e. The summed E-state index contributed by atoms with van der Waals surface area (Å²) >= 11 is 3.36. The lowest BCUT2D eigenvalue weighted by atomic mass is 10.1. The van der Waals surface area contributed by atoms with Crippen LogP contribution < -0.4 is 11.0 Å². The zero-order chi connectivity index (χ0) is 21.3. The zero-order valence-corrected chi connectivity index (χ0v) is 16.9. The van der Waals surface area contributed by atoms with E-state index in [4.69, 9.17) is 0 Å². The van der Waals surface area contributed by atoms with Crippen LogP contribution >= 0.6 is 15.9 Å². The van der Waals surface area contributed by atoms with Crippen LogP contribution in [0.4, 0.5) is 5.69 Å². The number of carbonyl (C=O) groups excluding carboxylic acids is 1. The predicted molar refractivity (Wildman–Crippen MR) is 116 cm³/mol. The molecule has 148 valence electrons. The first kappa shape index (κ1) is 19.5. The van der Waals surface area contributed by atoms with Crippen LogP contribution in [0.1, 0.15) is 10.4 Å². The van der Waals surface area contributed by atoms with E-state index in [0.29, 0.717) is 16.5 Å². The number of rotatable bonds is 4. The molecule has 0 saturated heterocycles. The molecule has 0 aliphatic heterocycles. The number of fused-ring (bicyclic) bond motifs is 1. The molecular formula is C21H13BrN4O4. The monoisotopic (exact) mass is 464 g/mol. The maximum Gasteiger partial charge on any atom is 0.282 e. The van der Waals surface area contributed by atoms with E-state index in [0.717, 1.165) is 9.15 Å². The average Bonchev–Trinajstić information content (AvgIpc) is 2.76. The summed E-state index contributed by atoms with van der Waals surface area (Å²) < 4.78 is 1.86. The highest BCUT2D eigenvalue weighted by Crippen LogP contribution is 2.22. The number of nitrogens with zero attached hydrogens (tertiary/aromatic N) is 3. The van der Waals surface area contributed by atoms with Gasteiger partial charge in [0.15, 0.2) is 5.82 Å². The van der Waals surface area contributed by atoms with Gasteiger partial charge in [0.1, 0.15) is 5.56 Å². The van der Waals surface area contributed by atoms with E-state index in [1.807, 2.05) is 0 Å². The minimum atomic E-state index is -0.792. The minimum absolute atomic E-state index is 0.163. The minimum Gasteiger partial charge on any atom is -0.267 e. The van der Waals surface area contributed by atoms with E-state index in [-0.39, 0.29) is 17.1 Å². The van der Waals surface area contributed by atoms with Crippen molar-refractivity contribution in [3.63, 3.8) is 0 Å². The molecule has 0 atom stereocenters. The number of nitro groups is 1. The van der Waals surface area contributed by atoms with Crippen molar-refractivity contribution in [1.29, 1.82) is 0 Å². The molecule has 0 radical (unpaired) electrons. The summed E-state index contributed by atoms with van der Waals surface area (Å²) in [5.74, 6) is -0.585. The van der Waals surface area contributed by atoms with Crippen LogP contribution in [0.15, 0.2) is 82.1 Å². The number of amides is 1. The number of para-hydroxylation sites is 2. The number of nitrogens with one attached hydrogen (secondary N) is 1. The van der Waals surface area contributed by atoms with Crippen molar-refractivity contribution in [2.75, 3.05) is 5.43 Å². The van der Waals surface area contributed by atoms with Gasteiger partial charge in [0.05, 0.1) is 15.8 Å². The highest BCUT2D eigenvalue weighted by molar-refractivity contribution is 9.10. The van der Waals surface area contributed by atoms with Gasteiger partial charge >= 0.3 is 0 Å². The number of halogens is 1. The van der Waals surface area contributed by atoms with Crippen molar-refractivity contribution in [2.45, 2.75) is 0 Å². The molecule has 1 N–H and O–H groups in total. The van der Waals surface area contributed by atoms with Crippen molar-refractivity contribution >= 4 is 38.4 Å². The Bertz CT molecular complexity index is 1350. The maximum absolute atomic E-state index is 13.1. The fraction of sp³-hybridized carbons (Fsp3) is 0. The lowest BCUT2D eigenvalue weighted by Gasteiger charge is -2.15. The summed E-state index contributed by atoms with van der Waals surface area (Å²) in [6, 6.07) is 19.3. The van der Waals surface area contributed by atoms with Crippen LogP contribution in [0.3, 0.4) is 0 Å². The van der Waals surface area contributed by atoms with Crippen molar-refractivity contribution in [1.82, 2.24) is 9.66 Å². The quantitative estimate of drug-likeness (QED) is 0.361. The summed E-state index contributed by atoms with van der Waals surface area (Å²) in [5.41, 5.74) is 2.52. The summed E-state index contributed by atoms with van der Waals surface area (Å²) in [6.45, 7) is 0. The van der Waals surface area contributed by atoms with E-state index in [9.17, 15) is 19.7 Å². The van der Waals surface area contributed by atoms with Gasteiger partial charge in [-0.3, -0.25) is 25.1 Å². The molecule has 9 heteroatoms. The molecule has 8 nitrogen and oxygen atoms in total. The van der Waals surface area contributed by atoms with Crippen LogP contribution in [0.5, 0.6) is 0 Å². The summed E-state index contributed by atoms with van der Waals surface area (Å²) in [6.07, 6.45) is 0. The predicted octanol–water partition coefficient (Wildman–Crippen LogP) is 4.12. The Morgan fingerprint density at radius 3 is 2.40 bits per heavy atom. The van der Waals surface area contributed by atoms with Crippen molar-refractivity contribution < 1.29 is 9.72 Å². The number of benzene rings is 3. The fourth-order valence-corrected chi connectivity index (χ4v) is 3.28. The maximum atomic E-state index is 13.1. The highest BCUT2D eigenvalue weighted by Gasteiger charge is 2.22. The number of nitro benzene ring substituents is 1. The Morgan fingerprint density at radius 2 is 1.67 bits per heavy atom. The van der Waals surface area contributed by atoms with Crippen LogP contribution in [-0.4, -0.2) is 20.5 Å². The first-order valence-corrected chi connectivity index (χ1v) is 9.57. The van der Waals surface area contributed by atoms with Crippen molar-refractivity contribution in [3.05, 3.63) is 103 Å². The van der Waals surface area contributed by atoms with Gasteiger partial charge in [0.25, 0.3) is 17.2 Å². The number of hydrogen-bond acceptors (Lipinski definition) is 5. The van der Waals surface area contributed by atoms with Crippen LogP contribution in [0.2, 0.25) is 0 Å². The molecule has 1 aromatic heterocycles. The Hall–Kier alpha value is -3.85. The molecule has 30 heavy (non-hydrogen) atoms. The molecule has 4 rings (SSSR count). The average molecular weight is 465 g/mol. The van der Waals surface area contributed by atoms with Gasteiger partial charge in [-0.25, -0.2) is 4.98 Å². The molecule has 1 heterocycles. The molecule has 1 amide bonds. The zero-order valence-electron chi connectivity index (χ0n) is 15.3. The topological polar surface area (TPSA) is 107 Å². The van der Waals surface area contributed by atoms with E-state index >= 15 is 0 Å². The molecule has 0 fully saturated rings. The number of carbonyl (C=O) groups is 1. The van der Waals surface area contributed by atoms with Gasteiger partial charge < -0.3 is 0 Å². The summed E-state index contributed by atoms with van der Waals surface area (Å²) in [7, 11) is 0. The first-order chi connectivity index (χ1) is 14.5. The Morgan fingerprint density at radius 1 is 1.00 bits per heavy atom. The third-order valence-corrected chi connectivity index (χ3v) is 4.97. The number of hydrogen-bond donors (Lipinski definition) is 1. The van der Waals surface area contributed by atoms with E-state index < -0.39 is 16.4 Å². The standard InChI is InChI=1S/C21H13BrN4O4/c22-14-11-9-13(10-12-14)19-23-17-7-3-1-5-15(17)21(28)25(19)24-20(27)16-6-2-4-8-18(16)26(29)30/h1-12H,(H,24,27). The molecule has 0 unspecified atom stereocenters. The molecule has 4 aromatic rings. The second kappa shape index (κ2) is 7.88. The highest BCUT2D eigenvalue weighted by atomic mass is 79.9. The van der Waals surface area contributed by atoms with E-state index in [1.54, 1.807) is 48.5 Å². The van der Waals surface area contributed by atoms with Crippen LogP contribution in [0.25, 0.3) is 22.3 Å². The van der Waals surface area contributed by atoms with E-state index in [1.165, 1.54) is 24.3 Å². The molecule has 0 bridgehead atoms. The van der Waals surface area contributed by atoms with Crippen molar-refractivity contribution in [2.24, 2.45) is 0 Å². The molecule has 0 aliphatic rings. The van der Waals surface area contributed by atoms with Gasteiger partial charge in [0.2, 0.25) is 0 Å². The van der Waals surface area contributed by atoms with E-state index in [2.05, 4.69) is 26.3 Å². The Balaban J connectivity index is 1.89. The van der Waals surface area contributed by atoms with Crippen LogP contribution in [0, 0.1) is 10.1 Å². The third-order valence-electron chi connectivity index (χ3n) is 4.44. The SMILES string of the molecule is O=C(Nn1c(-c2ccc(Br)cc2)nc2ccccc2c1=O)c1ccccc1[N+](=O)[O-].